The number of imide groups is 1. The molecule has 126 valence electrons. The van der Waals surface area contributed by atoms with Crippen LogP contribution in [0.15, 0.2) is 41.0 Å². The summed E-state index contributed by atoms with van der Waals surface area (Å²) in [4.78, 5) is 37.9. The molecule has 0 unspecified atom stereocenters. The summed E-state index contributed by atoms with van der Waals surface area (Å²) in [6.07, 6.45) is 2.21. The number of furan rings is 1. The van der Waals surface area contributed by atoms with Crippen LogP contribution < -0.4 is 0 Å². The first kappa shape index (κ1) is 16.5. The molecule has 2 aromatic rings. The zero-order valence-electron chi connectivity index (χ0n) is 13.2. The van der Waals surface area contributed by atoms with E-state index in [2.05, 4.69) is 0 Å². The zero-order valence-corrected chi connectivity index (χ0v) is 13.2. The average Bonchev–Trinajstić information content (AvgIpc) is 3.21. The number of unbranched alkanes of at least 4 members (excludes halogenated alkanes) is 1. The molecule has 1 aromatic carbocycles. The summed E-state index contributed by atoms with van der Waals surface area (Å²) in [5.41, 5.74) is 0.609. The van der Waals surface area contributed by atoms with E-state index in [1.807, 2.05) is 6.07 Å². The molecule has 7 nitrogen and oxygen atoms in total. The highest BCUT2D eigenvalue weighted by molar-refractivity contribution is 6.21. The van der Waals surface area contributed by atoms with Crippen molar-refractivity contribution in [2.45, 2.75) is 19.4 Å². The Morgan fingerprint density at radius 1 is 1.20 bits per heavy atom. The van der Waals surface area contributed by atoms with Crippen LogP contribution in [0.3, 0.4) is 0 Å². The van der Waals surface area contributed by atoms with E-state index in [0.717, 1.165) is 4.90 Å². The number of carbonyl (C=O) groups excluding carboxylic acids is 3. The summed E-state index contributed by atoms with van der Waals surface area (Å²) in [5, 5.41) is 8.45. The molecule has 0 spiro atoms. The van der Waals surface area contributed by atoms with Crippen LogP contribution in [0.25, 0.3) is 0 Å². The lowest BCUT2D eigenvalue weighted by Crippen LogP contribution is -2.28. The Hall–Kier alpha value is -3.40. The first-order valence-electron chi connectivity index (χ1n) is 7.68. The fraction of sp³-hybridized carbons (Fsp3) is 0.222. The molecule has 3 rings (SSSR count). The predicted octanol–water partition coefficient (Wildman–Crippen LogP) is 2.54. The van der Waals surface area contributed by atoms with E-state index in [1.165, 1.54) is 24.5 Å². The number of carbonyl (C=O) groups is 3. The number of hydrogen-bond donors (Lipinski definition) is 0. The molecular formula is C18H14N2O5. The Labute approximate surface area is 143 Å². The van der Waals surface area contributed by atoms with Gasteiger partial charge in [0.15, 0.2) is 0 Å². The van der Waals surface area contributed by atoms with Crippen molar-refractivity contribution in [3.8, 4) is 6.07 Å². The molecule has 0 N–H and O–H groups in total. The third kappa shape index (κ3) is 3.28. The quantitative estimate of drug-likeness (QED) is 0.456. The Kier molecular flexibility index (Phi) is 4.61. The Balaban J connectivity index is 1.75. The fourth-order valence-electron chi connectivity index (χ4n) is 2.52. The van der Waals surface area contributed by atoms with E-state index in [-0.39, 0.29) is 29.8 Å². The number of nitrogens with zero attached hydrogens (tertiary/aromatic N) is 2. The molecule has 0 saturated heterocycles. The van der Waals surface area contributed by atoms with Crippen LogP contribution in [-0.2, 0) is 11.3 Å². The van der Waals surface area contributed by atoms with Crippen molar-refractivity contribution < 1.29 is 23.5 Å². The van der Waals surface area contributed by atoms with Gasteiger partial charge in [0.25, 0.3) is 11.8 Å². The molecule has 2 amide bonds. The Bertz CT molecular complexity index is 864. The maximum absolute atomic E-state index is 12.5. The Morgan fingerprint density at radius 3 is 2.72 bits per heavy atom. The van der Waals surface area contributed by atoms with Gasteiger partial charge in [-0.15, -0.1) is 0 Å². The normalized spacial score (nSPS) is 12.8. The number of esters is 1. The van der Waals surface area contributed by atoms with Crippen molar-refractivity contribution >= 4 is 17.8 Å². The molecular weight excluding hydrogens is 324 g/mol. The highest BCUT2D eigenvalue weighted by atomic mass is 16.5. The van der Waals surface area contributed by atoms with E-state index >= 15 is 0 Å². The first-order valence-corrected chi connectivity index (χ1v) is 7.68. The molecule has 0 radical (unpaired) electrons. The molecule has 0 atom stereocenters. The summed E-state index contributed by atoms with van der Waals surface area (Å²) in [6, 6.07) is 9.58. The average molecular weight is 338 g/mol. The van der Waals surface area contributed by atoms with Gasteiger partial charge >= 0.3 is 5.97 Å². The van der Waals surface area contributed by atoms with Crippen LogP contribution in [0.5, 0.6) is 0 Å². The molecule has 0 bridgehead atoms. The standard InChI is InChI=1S/C18H14N2O5/c19-7-1-2-8-25-18(23)12-5-6-14-15(10-12)17(22)20(16(14)21)11-13-4-3-9-24-13/h3-6,9-10H,1-2,8,11H2. The lowest BCUT2D eigenvalue weighted by Gasteiger charge is -2.11. The van der Waals surface area contributed by atoms with Gasteiger partial charge in [0.2, 0.25) is 0 Å². The van der Waals surface area contributed by atoms with Gasteiger partial charge in [-0.25, -0.2) is 4.79 Å². The lowest BCUT2D eigenvalue weighted by molar-refractivity contribution is 0.0501. The maximum atomic E-state index is 12.5. The molecule has 1 aliphatic heterocycles. The van der Waals surface area contributed by atoms with Crippen molar-refractivity contribution in [3.63, 3.8) is 0 Å². The summed E-state index contributed by atoms with van der Waals surface area (Å²) < 4.78 is 10.2. The van der Waals surface area contributed by atoms with Gasteiger partial charge in [-0.05, 0) is 36.8 Å². The van der Waals surface area contributed by atoms with Gasteiger partial charge in [-0.1, -0.05) is 0 Å². The number of ether oxygens (including phenoxy) is 1. The second kappa shape index (κ2) is 7.01. The van der Waals surface area contributed by atoms with E-state index in [0.29, 0.717) is 18.6 Å². The SMILES string of the molecule is N#CCCCOC(=O)c1ccc2c(c1)C(=O)N(Cc1ccco1)C2=O. The third-order valence-corrected chi connectivity index (χ3v) is 3.77. The van der Waals surface area contributed by atoms with Crippen molar-refractivity contribution in [3.05, 3.63) is 59.0 Å². The molecule has 25 heavy (non-hydrogen) atoms. The third-order valence-electron chi connectivity index (χ3n) is 3.77. The summed E-state index contributed by atoms with van der Waals surface area (Å²) in [5.74, 6) is -1.00. The molecule has 1 aliphatic rings. The molecule has 7 heteroatoms. The first-order chi connectivity index (χ1) is 12.1. The van der Waals surface area contributed by atoms with Crippen LogP contribution in [0.4, 0.5) is 0 Å². The Morgan fingerprint density at radius 2 is 2.00 bits per heavy atom. The minimum absolute atomic E-state index is 0.0350. The topological polar surface area (TPSA) is 101 Å². The molecule has 1 aromatic heterocycles. The summed E-state index contributed by atoms with van der Waals surface area (Å²) in [7, 11) is 0. The van der Waals surface area contributed by atoms with Gasteiger partial charge in [0.1, 0.15) is 5.76 Å². The van der Waals surface area contributed by atoms with Gasteiger partial charge in [0, 0.05) is 6.42 Å². The summed E-state index contributed by atoms with van der Waals surface area (Å²) >= 11 is 0. The lowest BCUT2D eigenvalue weighted by atomic mass is 10.1. The summed E-state index contributed by atoms with van der Waals surface area (Å²) in [6.45, 7) is 0.161. The zero-order chi connectivity index (χ0) is 17.8. The number of amides is 2. The van der Waals surface area contributed by atoms with E-state index in [1.54, 1.807) is 12.1 Å². The van der Waals surface area contributed by atoms with Gasteiger partial charge in [0.05, 0.1) is 42.2 Å². The van der Waals surface area contributed by atoms with Gasteiger partial charge in [-0.2, -0.15) is 5.26 Å². The number of benzene rings is 1. The smallest absolute Gasteiger partial charge is 0.338 e. The van der Waals surface area contributed by atoms with E-state index < -0.39 is 17.8 Å². The number of nitriles is 1. The maximum Gasteiger partial charge on any atom is 0.338 e. The fourth-order valence-corrected chi connectivity index (χ4v) is 2.52. The minimum atomic E-state index is -0.592. The van der Waals surface area contributed by atoms with Crippen molar-refractivity contribution in [1.29, 1.82) is 5.26 Å². The van der Waals surface area contributed by atoms with Crippen LogP contribution in [0.1, 0.15) is 49.7 Å². The van der Waals surface area contributed by atoms with Gasteiger partial charge in [-0.3, -0.25) is 14.5 Å². The number of fused-ring (bicyclic) bond motifs is 1. The monoisotopic (exact) mass is 338 g/mol. The van der Waals surface area contributed by atoms with E-state index in [4.69, 9.17) is 14.4 Å². The largest absolute Gasteiger partial charge is 0.467 e. The molecule has 2 heterocycles. The van der Waals surface area contributed by atoms with E-state index in [9.17, 15) is 14.4 Å². The van der Waals surface area contributed by atoms with Crippen LogP contribution >= 0.6 is 0 Å². The van der Waals surface area contributed by atoms with Crippen molar-refractivity contribution in [2.75, 3.05) is 6.61 Å². The number of hydrogen-bond acceptors (Lipinski definition) is 6. The second-order valence-electron chi connectivity index (χ2n) is 5.43. The highest BCUT2D eigenvalue weighted by Crippen LogP contribution is 2.26. The molecule has 0 saturated carbocycles. The minimum Gasteiger partial charge on any atom is -0.467 e. The predicted molar refractivity (Wildman–Crippen MR) is 84.5 cm³/mol. The van der Waals surface area contributed by atoms with Crippen LogP contribution in [0.2, 0.25) is 0 Å². The molecule has 0 aliphatic carbocycles. The van der Waals surface area contributed by atoms with Crippen molar-refractivity contribution in [1.82, 2.24) is 4.90 Å². The van der Waals surface area contributed by atoms with Crippen LogP contribution in [-0.4, -0.2) is 29.3 Å². The molecule has 0 fully saturated rings. The van der Waals surface area contributed by atoms with Crippen molar-refractivity contribution in [2.24, 2.45) is 0 Å². The highest BCUT2D eigenvalue weighted by Gasteiger charge is 2.36. The second-order valence-corrected chi connectivity index (χ2v) is 5.43. The number of rotatable bonds is 6. The van der Waals surface area contributed by atoms with Crippen LogP contribution in [0, 0.1) is 11.3 Å². The van der Waals surface area contributed by atoms with Gasteiger partial charge < -0.3 is 9.15 Å².